The largest absolute Gasteiger partial charge is 0.375 e. The van der Waals surface area contributed by atoms with E-state index in [1.807, 2.05) is 6.20 Å². The lowest BCUT2D eigenvalue weighted by Crippen LogP contribution is -2.03. The summed E-state index contributed by atoms with van der Waals surface area (Å²) in [7, 11) is 0. The zero-order chi connectivity index (χ0) is 14.5. The molecule has 0 aliphatic rings. The van der Waals surface area contributed by atoms with Crippen LogP contribution >= 0.6 is 0 Å². The van der Waals surface area contributed by atoms with Crippen LogP contribution < -0.4 is 5.32 Å². The lowest BCUT2D eigenvalue weighted by Gasteiger charge is -2.05. The lowest BCUT2D eigenvalue weighted by atomic mass is 10.2. The molecule has 7 heteroatoms. The third-order valence-corrected chi connectivity index (χ3v) is 2.78. The number of hydrogen-bond donors (Lipinski definition) is 1. The summed E-state index contributed by atoms with van der Waals surface area (Å²) < 4.78 is 15.0. The van der Waals surface area contributed by atoms with Crippen LogP contribution in [0.5, 0.6) is 0 Å². The molecule has 1 aromatic heterocycles. The summed E-state index contributed by atoms with van der Waals surface area (Å²) in [4.78, 5) is 10.3. The van der Waals surface area contributed by atoms with Crippen molar-refractivity contribution in [2.45, 2.75) is 26.4 Å². The maximum atomic E-state index is 13.2. The minimum Gasteiger partial charge on any atom is -0.375 e. The van der Waals surface area contributed by atoms with Gasteiger partial charge in [0.15, 0.2) is 0 Å². The number of rotatable bonds is 6. The van der Waals surface area contributed by atoms with Crippen molar-refractivity contribution in [1.29, 1.82) is 0 Å². The molecule has 0 amide bonds. The SMILES string of the molecule is CCCn1cc(CNc2cc(F)ccc2[N+](=O)[O-])cn1. The van der Waals surface area contributed by atoms with E-state index in [9.17, 15) is 14.5 Å². The summed E-state index contributed by atoms with van der Waals surface area (Å²) in [6.45, 7) is 3.23. The first-order chi connectivity index (χ1) is 9.60. The number of benzene rings is 1. The molecule has 6 nitrogen and oxygen atoms in total. The van der Waals surface area contributed by atoms with Crippen LogP contribution in [0.3, 0.4) is 0 Å². The van der Waals surface area contributed by atoms with Crippen molar-refractivity contribution in [1.82, 2.24) is 9.78 Å². The van der Waals surface area contributed by atoms with Crippen molar-refractivity contribution in [3.63, 3.8) is 0 Å². The van der Waals surface area contributed by atoms with E-state index < -0.39 is 10.7 Å². The first-order valence-electron chi connectivity index (χ1n) is 6.29. The van der Waals surface area contributed by atoms with Crippen LogP contribution in [-0.4, -0.2) is 14.7 Å². The van der Waals surface area contributed by atoms with Gasteiger partial charge < -0.3 is 5.32 Å². The topological polar surface area (TPSA) is 73.0 Å². The van der Waals surface area contributed by atoms with Crippen LogP contribution in [0, 0.1) is 15.9 Å². The maximum absolute atomic E-state index is 13.2. The molecule has 0 bridgehead atoms. The van der Waals surface area contributed by atoms with Gasteiger partial charge in [0.05, 0.1) is 11.1 Å². The molecule has 1 N–H and O–H groups in total. The minimum absolute atomic E-state index is 0.146. The average molecular weight is 278 g/mol. The van der Waals surface area contributed by atoms with Crippen LogP contribution in [0.25, 0.3) is 0 Å². The van der Waals surface area contributed by atoms with E-state index in [2.05, 4.69) is 17.3 Å². The van der Waals surface area contributed by atoms with Gasteiger partial charge in [-0.3, -0.25) is 14.8 Å². The Labute approximate surface area is 115 Å². The molecule has 0 fully saturated rings. The summed E-state index contributed by atoms with van der Waals surface area (Å²) in [5.41, 5.74) is 0.905. The van der Waals surface area contributed by atoms with Crippen LogP contribution in [0.15, 0.2) is 30.6 Å². The Morgan fingerprint density at radius 3 is 3.00 bits per heavy atom. The molecule has 106 valence electrons. The van der Waals surface area contributed by atoms with Crippen molar-refractivity contribution in [2.24, 2.45) is 0 Å². The van der Waals surface area contributed by atoms with Gasteiger partial charge in [0, 0.05) is 37.0 Å². The third-order valence-electron chi connectivity index (χ3n) is 2.78. The van der Waals surface area contributed by atoms with Crippen molar-refractivity contribution in [3.8, 4) is 0 Å². The second-order valence-electron chi connectivity index (χ2n) is 4.38. The molecule has 2 rings (SSSR count). The van der Waals surface area contributed by atoms with Gasteiger partial charge in [0.25, 0.3) is 5.69 Å². The highest BCUT2D eigenvalue weighted by Gasteiger charge is 2.14. The van der Waals surface area contributed by atoms with Crippen molar-refractivity contribution >= 4 is 11.4 Å². The fourth-order valence-electron chi connectivity index (χ4n) is 1.86. The summed E-state index contributed by atoms with van der Waals surface area (Å²) in [5.74, 6) is -0.514. The molecule has 20 heavy (non-hydrogen) atoms. The number of anilines is 1. The molecular weight excluding hydrogens is 263 g/mol. The van der Waals surface area contributed by atoms with E-state index in [0.29, 0.717) is 6.54 Å². The Kier molecular flexibility index (Phi) is 4.29. The van der Waals surface area contributed by atoms with E-state index in [0.717, 1.165) is 36.7 Å². The number of halogens is 1. The van der Waals surface area contributed by atoms with Gasteiger partial charge in [-0.1, -0.05) is 6.92 Å². The predicted octanol–water partition coefficient (Wildman–Crippen LogP) is 2.95. The van der Waals surface area contributed by atoms with E-state index in [-0.39, 0.29) is 11.4 Å². The fraction of sp³-hybridized carbons (Fsp3) is 0.308. The van der Waals surface area contributed by atoms with Gasteiger partial charge in [0.1, 0.15) is 11.5 Å². The first kappa shape index (κ1) is 14.0. The first-order valence-corrected chi connectivity index (χ1v) is 6.29. The maximum Gasteiger partial charge on any atom is 0.292 e. The van der Waals surface area contributed by atoms with Gasteiger partial charge in [-0.15, -0.1) is 0 Å². The predicted molar refractivity (Wildman–Crippen MR) is 72.9 cm³/mol. The third kappa shape index (κ3) is 3.31. The zero-order valence-corrected chi connectivity index (χ0v) is 11.0. The highest BCUT2D eigenvalue weighted by atomic mass is 19.1. The molecule has 0 saturated carbocycles. The van der Waals surface area contributed by atoms with Gasteiger partial charge in [-0.05, 0) is 12.5 Å². The van der Waals surface area contributed by atoms with Gasteiger partial charge >= 0.3 is 0 Å². The summed E-state index contributed by atoms with van der Waals surface area (Å²) in [5, 5.41) is 17.9. The minimum atomic E-state index is -0.539. The molecular formula is C13H15FN4O2. The number of aromatic nitrogens is 2. The van der Waals surface area contributed by atoms with E-state index in [1.165, 1.54) is 0 Å². The fourth-order valence-corrected chi connectivity index (χ4v) is 1.86. The number of nitrogens with one attached hydrogen (secondary N) is 1. The molecule has 0 aliphatic carbocycles. The van der Waals surface area contributed by atoms with Crippen LogP contribution in [0.2, 0.25) is 0 Å². The normalized spacial score (nSPS) is 10.5. The molecule has 0 unspecified atom stereocenters. The highest BCUT2D eigenvalue weighted by Crippen LogP contribution is 2.25. The Morgan fingerprint density at radius 1 is 1.50 bits per heavy atom. The second-order valence-corrected chi connectivity index (χ2v) is 4.38. The van der Waals surface area contributed by atoms with Crippen LogP contribution in [0.4, 0.5) is 15.8 Å². The summed E-state index contributed by atoms with van der Waals surface area (Å²) in [6, 6.07) is 3.34. The quantitative estimate of drug-likeness (QED) is 0.651. The molecule has 0 aliphatic heterocycles. The number of aryl methyl sites for hydroxylation is 1. The molecule has 0 atom stereocenters. The Bertz CT molecular complexity index is 612. The smallest absolute Gasteiger partial charge is 0.292 e. The lowest BCUT2D eigenvalue weighted by molar-refractivity contribution is -0.384. The van der Waals surface area contributed by atoms with Gasteiger partial charge in [-0.2, -0.15) is 5.10 Å². The molecule has 0 radical (unpaired) electrons. The van der Waals surface area contributed by atoms with E-state index >= 15 is 0 Å². The number of nitro groups is 1. The van der Waals surface area contributed by atoms with Gasteiger partial charge in [0.2, 0.25) is 0 Å². The number of nitro benzene ring substituents is 1. The Hall–Kier alpha value is -2.44. The second kappa shape index (κ2) is 6.14. The summed E-state index contributed by atoms with van der Waals surface area (Å²) >= 11 is 0. The zero-order valence-electron chi connectivity index (χ0n) is 11.0. The van der Waals surface area contributed by atoms with Crippen molar-refractivity contribution < 1.29 is 9.31 Å². The standard InChI is InChI=1S/C13H15FN4O2/c1-2-5-17-9-10(8-16-17)7-15-12-6-11(14)3-4-13(12)18(19)20/h3-4,6,8-9,15H,2,5,7H2,1H3. The van der Waals surface area contributed by atoms with Crippen molar-refractivity contribution in [3.05, 3.63) is 52.1 Å². The molecule has 2 aromatic rings. The highest BCUT2D eigenvalue weighted by molar-refractivity contribution is 5.61. The molecule has 0 saturated heterocycles. The molecule has 1 heterocycles. The van der Waals surface area contributed by atoms with Crippen LogP contribution in [-0.2, 0) is 13.1 Å². The van der Waals surface area contributed by atoms with Crippen molar-refractivity contribution in [2.75, 3.05) is 5.32 Å². The Balaban J connectivity index is 2.09. The number of nitrogens with zero attached hydrogens (tertiary/aromatic N) is 3. The Morgan fingerprint density at radius 2 is 2.30 bits per heavy atom. The van der Waals surface area contributed by atoms with E-state index in [1.54, 1.807) is 10.9 Å². The monoisotopic (exact) mass is 278 g/mol. The van der Waals surface area contributed by atoms with E-state index in [4.69, 9.17) is 0 Å². The summed E-state index contributed by atoms with van der Waals surface area (Å²) in [6.07, 6.45) is 4.53. The number of hydrogen-bond acceptors (Lipinski definition) is 4. The van der Waals surface area contributed by atoms with Gasteiger partial charge in [-0.25, -0.2) is 4.39 Å². The molecule has 1 aromatic carbocycles. The average Bonchev–Trinajstić information content (AvgIpc) is 2.84. The molecule has 0 spiro atoms. The van der Waals surface area contributed by atoms with Crippen LogP contribution in [0.1, 0.15) is 18.9 Å².